The lowest BCUT2D eigenvalue weighted by atomic mass is 9.59. The number of pyridine rings is 1. The van der Waals surface area contributed by atoms with Crippen molar-refractivity contribution in [2.75, 3.05) is 11.9 Å². The lowest BCUT2D eigenvalue weighted by molar-refractivity contribution is -0.124. The number of halogens is 2. The summed E-state index contributed by atoms with van der Waals surface area (Å²) < 4.78 is 20.6. The number of ether oxygens (including phenoxy) is 1. The number of benzene rings is 2. The molecule has 3 N–H and O–H groups in total. The van der Waals surface area contributed by atoms with Crippen molar-refractivity contribution in [2.45, 2.75) is 88.5 Å². The average Bonchev–Trinajstić information content (AvgIpc) is 3.25. The summed E-state index contributed by atoms with van der Waals surface area (Å²) >= 11 is 6.11. The molecule has 3 aliphatic carbocycles. The Morgan fingerprint density at radius 3 is 2.74 bits per heavy atom. The fourth-order valence-electron chi connectivity index (χ4n) is 8.16. The van der Waals surface area contributed by atoms with Crippen LogP contribution in [0.4, 0.5) is 10.1 Å². The smallest absolute Gasteiger partial charge is 0.243 e. The van der Waals surface area contributed by atoms with Crippen LogP contribution in [0.3, 0.4) is 0 Å². The van der Waals surface area contributed by atoms with Gasteiger partial charge >= 0.3 is 0 Å². The number of carbonyl (C=O) groups excluding carboxylic acids is 1. The number of fused-ring (bicyclic) bond motifs is 3. The monoisotopic (exact) mass is 589 g/mol. The molecule has 42 heavy (non-hydrogen) atoms. The first-order valence-electron chi connectivity index (χ1n) is 15.4. The SMILES string of the molecule is C[C@@H](COc1ccnc2c1[C@H](C)CCC2)CC1Cc2ccccc2C12CCC(Nc1cc(F)cc(Cl)c1)(C(N)=O)CC2. The molecule has 2 aromatic carbocycles. The van der Waals surface area contributed by atoms with E-state index in [1.165, 1.54) is 47.4 Å². The summed E-state index contributed by atoms with van der Waals surface area (Å²) in [4.78, 5) is 17.6. The van der Waals surface area contributed by atoms with Gasteiger partial charge in [0.05, 0.1) is 6.61 Å². The van der Waals surface area contributed by atoms with Gasteiger partial charge in [-0.3, -0.25) is 9.78 Å². The van der Waals surface area contributed by atoms with E-state index in [1.54, 1.807) is 6.07 Å². The van der Waals surface area contributed by atoms with E-state index in [1.807, 2.05) is 12.3 Å². The Bertz CT molecular complexity index is 1450. The van der Waals surface area contributed by atoms with E-state index in [4.69, 9.17) is 22.1 Å². The number of rotatable bonds is 8. The molecule has 0 aliphatic heterocycles. The van der Waals surface area contributed by atoms with Crippen molar-refractivity contribution >= 4 is 23.2 Å². The molecule has 3 atom stereocenters. The van der Waals surface area contributed by atoms with Crippen LogP contribution in [0.25, 0.3) is 0 Å². The average molecular weight is 590 g/mol. The summed E-state index contributed by atoms with van der Waals surface area (Å²) in [5, 5.41) is 3.59. The highest BCUT2D eigenvalue weighted by Gasteiger charge is 2.53. The largest absolute Gasteiger partial charge is 0.493 e. The third-order valence-corrected chi connectivity index (χ3v) is 10.5. The van der Waals surface area contributed by atoms with Crippen molar-refractivity contribution in [3.63, 3.8) is 0 Å². The molecule has 3 aromatic rings. The number of hydrogen-bond acceptors (Lipinski definition) is 4. The first kappa shape index (κ1) is 29.0. The molecule has 1 heterocycles. The molecule has 1 aromatic heterocycles. The topological polar surface area (TPSA) is 77.2 Å². The number of aryl methyl sites for hydroxylation is 1. The summed E-state index contributed by atoms with van der Waals surface area (Å²) in [5.41, 5.74) is 10.8. The predicted molar refractivity (Wildman–Crippen MR) is 166 cm³/mol. The summed E-state index contributed by atoms with van der Waals surface area (Å²) in [7, 11) is 0. The van der Waals surface area contributed by atoms with Crippen LogP contribution >= 0.6 is 11.6 Å². The van der Waals surface area contributed by atoms with Gasteiger partial charge in [-0.05, 0) is 116 Å². The summed E-state index contributed by atoms with van der Waals surface area (Å²) in [6.45, 7) is 5.24. The summed E-state index contributed by atoms with van der Waals surface area (Å²) in [5.74, 6) is 1.42. The van der Waals surface area contributed by atoms with Crippen LogP contribution in [0.5, 0.6) is 5.75 Å². The number of nitrogens with zero attached hydrogens (tertiary/aromatic N) is 1. The van der Waals surface area contributed by atoms with E-state index in [9.17, 15) is 9.18 Å². The molecule has 0 bridgehead atoms. The Balaban J connectivity index is 1.20. The van der Waals surface area contributed by atoms with Gasteiger partial charge in [-0.15, -0.1) is 0 Å². The highest BCUT2D eigenvalue weighted by atomic mass is 35.5. The number of nitrogens with one attached hydrogen (secondary N) is 1. The van der Waals surface area contributed by atoms with Crippen molar-refractivity contribution in [1.29, 1.82) is 0 Å². The highest BCUT2D eigenvalue weighted by Crippen LogP contribution is 2.56. The fraction of sp³-hybridized carbons (Fsp3) is 0.486. The molecule has 1 spiro atoms. The van der Waals surface area contributed by atoms with Gasteiger partial charge in [-0.1, -0.05) is 49.7 Å². The third kappa shape index (κ3) is 5.39. The minimum absolute atomic E-state index is 0.0323. The Hall–Kier alpha value is -3.12. The molecule has 1 fully saturated rings. The van der Waals surface area contributed by atoms with Crippen LogP contribution in [0.2, 0.25) is 5.02 Å². The van der Waals surface area contributed by atoms with Crippen molar-refractivity contribution in [3.8, 4) is 5.75 Å². The third-order valence-electron chi connectivity index (χ3n) is 10.3. The quantitative estimate of drug-likeness (QED) is 0.282. The van der Waals surface area contributed by atoms with E-state index >= 15 is 0 Å². The summed E-state index contributed by atoms with van der Waals surface area (Å²) in [6, 6.07) is 15.1. The van der Waals surface area contributed by atoms with Crippen LogP contribution in [0.1, 0.15) is 87.1 Å². The number of anilines is 1. The van der Waals surface area contributed by atoms with Gasteiger partial charge in [0.1, 0.15) is 17.1 Å². The van der Waals surface area contributed by atoms with Crippen molar-refractivity contribution in [1.82, 2.24) is 4.98 Å². The van der Waals surface area contributed by atoms with E-state index in [-0.39, 0.29) is 10.4 Å². The zero-order chi connectivity index (χ0) is 29.5. The number of carbonyl (C=O) groups is 1. The lowest BCUT2D eigenvalue weighted by Gasteiger charge is -2.48. The maximum atomic E-state index is 14.1. The fourth-order valence-corrected chi connectivity index (χ4v) is 8.39. The number of hydrogen-bond donors (Lipinski definition) is 2. The maximum Gasteiger partial charge on any atom is 0.243 e. The second-order valence-corrected chi connectivity index (χ2v) is 13.5. The minimum atomic E-state index is -0.948. The Kier molecular flexibility index (Phi) is 7.95. The van der Waals surface area contributed by atoms with Gasteiger partial charge in [0.2, 0.25) is 5.91 Å². The molecule has 1 saturated carbocycles. The molecule has 0 saturated heterocycles. The molecule has 0 radical (unpaired) electrons. The first-order valence-corrected chi connectivity index (χ1v) is 15.8. The molecule has 5 nitrogen and oxygen atoms in total. The van der Waals surface area contributed by atoms with E-state index in [2.05, 4.69) is 48.4 Å². The van der Waals surface area contributed by atoms with Crippen LogP contribution in [0, 0.1) is 17.7 Å². The van der Waals surface area contributed by atoms with Crippen LogP contribution in [-0.2, 0) is 23.1 Å². The van der Waals surface area contributed by atoms with E-state index in [0.717, 1.165) is 37.9 Å². The van der Waals surface area contributed by atoms with Gasteiger partial charge in [0.25, 0.3) is 0 Å². The van der Waals surface area contributed by atoms with Gasteiger partial charge < -0.3 is 15.8 Å². The standard InChI is InChI=1S/C35H41ClFN3O2/c1-22(21-42-31-10-15-39-30-9-5-6-23(2)32(30)31)16-25-17-24-7-3-4-8-29(24)34(25)11-13-35(14-12-34,33(38)41)40-28-19-26(36)18-27(37)20-28/h3-4,7-8,10,15,18-20,22-23,25,40H,5-6,9,11-14,16-17,21H2,1-2H3,(H2,38,41)/t22-,23-,25?,34?,35?/m1/s1. The molecule has 7 heteroatoms. The molecule has 1 amide bonds. The number of primary amides is 1. The Morgan fingerprint density at radius 2 is 1.98 bits per heavy atom. The molecule has 3 aliphatic rings. The molecule has 222 valence electrons. The van der Waals surface area contributed by atoms with Crippen LogP contribution in [0.15, 0.2) is 54.7 Å². The normalized spacial score (nSPS) is 27.2. The zero-order valence-electron chi connectivity index (χ0n) is 24.6. The maximum absolute atomic E-state index is 14.1. The molecule has 1 unspecified atom stereocenters. The molecule has 6 rings (SSSR count). The minimum Gasteiger partial charge on any atom is -0.493 e. The predicted octanol–water partition coefficient (Wildman–Crippen LogP) is 7.74. The zero-order valence-corrected chi connectivity index (χ0v) is 25.4. The second-order valence-electron chi connectivity index (χ2n) is 13.1. The first-order chi connectivity index (χ1) is 20.2. The molecular weight excluding hydrogens is 549 g/mol. The van der Waals surface area contributed by atoms with Gasteiger partial charge in [0, 0.05) is 28.2 Å². The van der Waals surface area contributed by atoms with Gasteiger partial charge in [-0.25, -0.2) is 4.39 Å². The molecular formula is C35H41ClFN3O2. The van der Waals surface area contributed by atoms with Crippen molar-refractivity contribution in [3.05, 3.63) is 88.0 Å². The Labute approximate surface area is 253 Å². The second kappa shape index (κ2) is 11.5. The number of amides is 1. The van der Waals surface area contributed by atoms with Crippen LogP contribution < -0.4 is 15.8 Å². The Morgan fingerprint density at radius 1 is 1.19 bits per heavy atom. The van der Waals surface area contributed by atoms with E-state index in [0.29, 0.717) is 42.9 Å². The van der Waals surface area contributed by atoms with Gasteiger partial charge in [0.15, 0.2) is 0 Å². The number of nitrogens with two attached hydrogens (primary N) is 1. The van der Waals surface area contributed by atoms with Crippen molar-refractivity contribution < 1.29 is 13.9 Å². The highest BCUT2D eigenvalue weighted by molar-refractivity contribution is 6.30. The summed E-state index contributed by atoms with van der Waals surface area (Å²) in [6.07, 6.45) is 10.2. The lowest BCUT2D eigenvalue weighted by Crippen LogP contribution is -2.55. The van der Waals surface area contributed by atoms with Gasteiger partial charge in [-0.2, -0.15) is 0 Å². The van der Waals surface area contributed by atoms with E-state index < -0.39 is 17.3 Å². The van der Waals surface area contributed by atoms with Crippen molar-refractivity contribution in [2.24, 2.45) is 17.6 Å². The van der Waals surface area contributed by atoms with Crippen LogP contribution in [-0.4, -0.2) is 23.0 Å². The number of aromatic nitrogens is 1.